The Labute approximate surface area is 173 Å². The van der Waals surface area contributed by atoms with Gasteiger partial charge in [-0.05, 0) is 69.4 Å². The second kappa shape index (κ2) is 7.66. The Morgan fingerprint density at radius 1 is 1.17 bits per heavy atom. The highest BCUT2D eigenvalue weighted by Crippen LogP contribution is 2.46. The highest BCUT2D eigenvalue weighted by molar-refractivity contribution is 5.89. The SMILES string of the molecule is CCCOc1ccc(C2=Cc3c(CC)cc4c(c3OC2)CCC(C)(C)O4)c(O)c1. The van der Waals surface area contributed by atoms with Crippen LogP contribution in [0, 0.1) is 0 Å². The van der Waals surface area contributed by atoms with E-state index in [0.717, 1.165) is 53.9 Å². The number of benzene rings is 2. The van der Waals surface area contributed by atoms with Crippen molar-refractivity contribution in [1.29, 1.82) is 0 Å². The van der Waals surface area contributed by atoms with Gasteiger partial charge < -0.3 is 19.3 Å². The summed E-state index contributed by atoms with van der Waals surface area (Å²) in [4.78, 5) is 0. The van der Waals surface area contributed by atoms with Gasteiger partial charge in [0.15, 0.2) is 0 Å². The van der Waals surface area contributed by atoms with E-state index in [1.54, 1.807) is 6.07 Å². The normalized spacial score (nSPS) is 16.8. The fourth-order valence-electron chi connectivity index (χ4n) is 4.08. The molecule has 2 aliphatic rings. The Bertz CT molecular complexity index is 956. The third-order valence-electron chi connectivity index (χ3n) is 5.69. The molecule has 0 bridgehead atoms. The minimum absolute atomic E-state index is 0.144. The third-order valence-corrected chi connectivity index (χ3v) is 5.69. The number of ether oxygens (including phenoxy) is 3. The van der Waals surface area contributed by atoms with Gasteiger partial charge in [0.1, 0.15) is 35.2 Å². The van der Waals surface area contributed by atoms with Crippen molar-refractivity contribution in [3.8, 4) is 23.0 Å². The smallest absolute Gasteiger partial charge is 0.134 e. The third kappa shape index (κ3) is 3.81. The van der Waals surface area contributed by atoms with Gasteiger partial charge >= 0.3 is 0 Å². The molecule has 29 heavy (non-hydrogen) atoms. The van der Waals surface area contributed by atoms with Gasteiger partial charge in [-0.3, -0.25) is 0 Å². The maximum atomic E-state index is 10.6. The highest BCUT2D eigenvalue weighted by atomic mass is 16.5. The lowest BCUT2D eigenvalue weighted by Crippen LogP contribution is -2.33. The van der Waals surface area contributed by atoms with Gasteiger partial charge in [-0.25, -0.2) is 0 Å². The molecule has 4 heteroatoms. The van der Waals surface area contributed by atoms with Crippen molar-refractivity contribution in [2.75, 3.05) is 13.2 Å². The monoisotopic (exact) mass is 394 g/mol. The quantitative estimate of drug-likeness (QED) is 0.698. The molecule has 1 N–H and O–H groups in total. The number of aromatic hydroxyl groups is 1. The molecule has 2 aromatic rings. The van der Waals surface area contributed by atoms with E-state index < -0.39 is 0 Å². The second-order valence-corrected chi connectivity index (χ2v) is 8.46. The van der Waals surface area contributed by atoms with Crippen LogP contribution in [0.4, 0.5) is 0 Å². The van der Waals surface area contributed by atoms with E-state index >= 15 is 0 Å². The van der Waals surface area contributed by atoms with Crippen LogP contribution in [0.25, 0.3) is 11.6 Å². The van der Waals surface area contributed by atoms with Gasteiger partial charge in [0.2, 0.25) is 0 Å². The first-order valence-corrected chi connectivity index (χ1v) is 10.6. The molecular weight excluding hydrogens is 364 g/mol. The van der Waals surface area contributed by atoms with E-state index in [0.29, 0.717) is 19.0 Å². The van der Waals surface area contributed by atoms with Crippen molar-refractivity contribution in [2.24, 2.45) is 0 Å². The van der Waals surface area contributed by atoms with E-state index in [-0.39, 0.29) is 11.4 Å². The van der Waals surface area contributed by atoms with Crippen LogP contribution >= 0.6 is 0 Å². The first-order valence-electron chi connectivity index (χ1n) is 10.6. The predicted molar refractivity (Wildman–Crippen MR) is 116 cm³/mol. The summed E-state index contributed by atoms with van der Waals surface area (Å²) in [7, 11) is 0. The first-order chi connectivity index (χ1) is 13.9. The standard InChI is InChI=1S/C25H30O4/c1-5-11-27-18-7-8-19(22(26)14-18)17-12-21-16(6-2)13-23-20(24(21)28-15-17)9-10-25(3,4)29-23/h7-8,12-14,26H,5-6,9-11,15H2,1-4H3. The van der Waals surface area contributed by atoms with Crippen LogP contribution < -0.4 is 14.2 Å². The van der Waals surface area contributed by atoms with Gasteiger partial charge in [0.05, 0.1) is 6.61 Å². The van der Waals surface area contributed by atoms with Crippen LogP contribution in [0.3, 0.4) is 0 Å². The summed E-state index contributed by atoms with van der Waals surface area (Å²) in [6, 6.07) is 7.67. The fourth-order valence-corrected chi connectivity index (χ4v) is 4.08. The van der Waals surface area contributed by atoms with Crippen molar-refractivity contribution < 1.29 is 19.3 Å². The van der Waals surface area contributed by atoms with Crippen LogP contribution in [-0.4, -0.2) is 23.9 Å². The minimum atomic E-state index is -0.144. The molecule has 0 radical (unpaired) electrons. The molecule has 0 atom stereocenters. The molecule has 0 amide bonds. The molecule has 0 unspecified atom stereocenters. The number of phenolic OH excluding ortho intramolecular Hbond substituents is 1. The van der Waals surface area contributed by atoms with E-state index in [2.05, 4.69) is 39.8 Å². The Morgan fingerprint density at radius 3 is 2.72 bits per heavy atom. The summed E-state index contributed by atoms with van der Waals surface area (Å²) < 4.78 is 18.1. The van der Waals surface area contributed by atoms with Crippen LogP contribution in [-0.2, 0) is 12.8 Å². The van der Waals surface area contributed by atoms with Crippen molar-refractivity contribution in [2.45, 2.75) is 59.0 Å². The van der Waals surface area contributed by atoms with Gasteiger partial charge in [0.25, 0.3) is 0 Å². The topological polar surface area (TPSA) is 47.9 Å². The van der Waals surface area contributed by atoms with Crippen molar-refractivity contribution in [1.82, 2.24) is 0 Å². The van der Waals surface area contributed by atoms with E-state index in [1.807, 2.05) is 12.1 Å². The Balaban J connectivity index is 1.73. The number of aryl methyl sites for hydroxylation is 1. The summed E-state index contributed by atoms with van der Waals surface area (Å²) in [5.74, 6) is 2.81. The summed E-state index contributed by atoms with van der Waals surface area (Å²) in [5, 5.41) is 10.6. The zero-order valence-electron chi connectivity index (χ0n) is 17.8. The molecular formula is C25H30O4. The molecule has 4 nitrogen and oxygen atoms in total. The average molecular weight is 395 g/mol. The summed E-state index contributed by atoms with van der Waals surface area (Å²) in [6.45, 7) is 9.55. The van der Waals surface area contributed by atoms with Crippen LogP contribution in [0.15, 0.2) is 24.3 Å². The Kier molecular flexibility index (Phi) is 5.20. The molecule has 4 rings (SSSR count). The maximum Gasteiger partial charge on any atom is 0.134 e. The molecule has 0 aliphatic carbocycles. The Morgan fingerprint density at radius 2 is 2.00 bits per heavy atom. The molecule has 154 valence electrons. The van der Waals surface area contributed by atoms with Crippen LogP contribution in [0.1, 0.15) is 62.8 Å². The predicted octanol–water partition coefficient (Wildman–Crippen LogP) is 5.78. The number of rotatable bonds is 5. The molecule has 0 aromatic heterocycles. The van der Waals surface area contributed by atoms with E-state index in [4.69, 9.17) is 14.2 Å². The summed E-state index contributed by atoms with van der Waals surface area (Å²) in [6.07, 6.45) is 5.91. The van der Waals surface area contributed by atoms with Gasteiger partial charge in [-0.2, -0.15) is 0 Å². The molecule has 0 saturated heterocycles. The van der Waals surface area contributed by atoms with Crippen molar-refractivity contribution >= 4 is 11.6 Å². The number of hydrogen-bond acceptors (Lipinski definition) is 4. The first kappa shape index (κ1) is 19.7. The lowest BCUT2D eigenvalue weighted by atomic mass is 9.88. The maximum absolute atomic E-state index is 10.6. The molecule has 0 spiro atoms. The van der Waals surface area contributed by atoms with Crippen molar-refractivity contribution in [3.63, 3.8) is 0 Å². The van der Waals surface area contributed by atoms with Gasteiger partial charge in [-0.1, -0.05) is 13.8 Å². The summed E-state index contributed by atoms with van der Waals surface area (Å²) >= 11 is 0. The number of fused-ring (bicyclic) bond motifs is 3. The average Bonchev–Trinajstić information content (AvgIpc) is 2.70. The Hall–Kier alpha value is -2.62. The minimum Gasteiger partial charge on any atom is -0.507 e. The van der Waals surface area contributed by atoms with Crippen LogP contribution in [0.5, 0.6) is 23.0 Å². The fraction of sp³-hybridized carbons (Fsp3) is 0.440. The van der Waals surface area contributed by atoms with Gasteiger partial charge in [-0.15, -0.1) is 0 Å². The molecule has 2 aromatic carbocycles. The summed E-state index contributed by atoms with van der Waals surface area (Å²) in [5.41, 5.74) is 5.10. The molecule has 2 heterocycles. The zero-order valence-corrected chi connectivity index (χ0v) is 17.8. The molecule has 2 aliphatic heterocycles. The highest BCUT2D eigenvalue weighted by Gasteiger charge is 2.32. The lowest BCUT2D eigenvalue weighted by Gasteiger charge is -2.35. The lowest BCUT2D eigenvalue weighted by molar-refractivity contribution is 0.0833. The second-order valence-electron chi connectivity index (χ2n) is 8.46. The van der Waals surface area contributed by atoms with E-state index in [9.17, 15) is 5.11 Å². The largest absolute Gasteiger partial charge is 0.507 e. The molecule has 0 fully saturated rings. The molecule has 0 saturated carbocycles. The number of hydrogen-bond donors (Lipinski definition) is 1. The zero-order chi connectivity index (χ0) is 20.6. The van der Waals surface area contributed by atoms with Gasteiger partial charge in [0, 0.05) is 28.3 Å². The number of phenols is 1. The van der Waals surface area contributed by atoms with Crippen molar-refractivity contribution in [3.05, 3.63) is 46.5 Å². The van der Waals surface area contributed by atoms with E-state index in [1.165, 1.54) is 11.1 Å². The van der Waals surface area contributed by atoms with Crippen LogP contribution in [0.2, 0.25) is 0 Å².